The Labute approximate surface area is 150 Å². The Morgan fingerprint density at radius 1 is 0.880 bits per heavy atom. The molecule has 1 amide bonds. The van der Waals surface area contributed by atoms with E-state index in [1.165, 1.54) is 25.7 Å². The molecule has 25 heavy (non-hydrogen) atoms. The number of ether oxygens (including phenoxy) is 1. The smallest absolute Gasteiger partial charge is 0.243 e. The maximum absolute atomic E-state index is 12.0. The normalized spacial score (nSPS) is 10.3. The van der Waals surface area contributed by atoms with Crippen molar-refractivity contribution in [3.05, 3.63) is 54.6 Å². The quantitative estimate of drug-likeness (QED) is 0.560. The summed E-state index contributed by atoms with van der Waals surface area (Å²) >= 11 is 0. The first-order valence-electron chi connectivity index (χ1n) is 9.09. The van der Waals surface area contributed by atoms with E-state index in [-0.39, 0.29) is 12.5 Å². The minimum atomic E-state index is -0.0755. The predicted octanol–water partition coefficient (Wildman–Crippen LogP) is 5.09. The molecule has 0 bridgehead atoms. The second kappa shape index (κ2) is 11.1. The molecule has 0 aliphatic rings. The number of para-hydroxylation sites is 1. The van der Waals surface area contributed by atoms with E-state index in [1.807, 2.05) is 54.6 Å². The van der Waals surface area contributed by atoms with Gasteiger partial charge in [0.15, 0.2) is 0 Å². The van der Waals surface area contributed by atoms with Gasteiger partial charge in [-0.2, -0.15) is 0 Å². The summed E-state index contributed by atoms with van der Waals surface area (Å²) in [5.41, 5.74) is 1.70. The zero-order chi connectivity index (χ0) is 17.7. The van der Waals surface area contributed by atoms with Gasteiger partial charge in [0.2, 0.25) is 5.91 Å². The molecule has 0 aliphatic heterocycles. The van der Waals surface area contributed by atoms with Crippen molar-refractivity contribution in [2.45, 2.75) is 39.0 Å². The minimum Gasteiger partial charge on any atom is -0.494 e. The van der Waals surface area contributed by atoms with Crippen LogP contribution in [0.5, 0.6) is 5.75 Å². The van der Waals surface area contributed by atoms with Crippen molar-refractivity contribution in [2.24, 2.45) is 0 Å². The van der Waals surface area contributed by atoms with Crippen molar-refractivity contribution in [1.82, 2.24) is 0 Å². The molecule has 4 heteroatoms. The highest BCUT2D eigenvalue weighted by molar-refractivity contribution is 5.93. The van der Waals surface area contributed by atoms with E-state index in [0.29, 0.717) is 0 Å². The standard InChI is InChI=1S/C21H28N2O2/c1-2-3-4-5-9-16-25-20-14-12-19(13-15-20)23-21(24)17-22-18-10-7-6-8-11-18/h6-8,10-15,22H,2-5,9,16-17H2,1H3,(H,23,24). The van der Waals surface area contributed by atoms with Gasteiger partial charge in [0.25, 0.3) is 0 Å². The highest BCUT2D eigenvalue weighted by Gasteiger charge is 2.02. The molecule has 0 saturated heterocycles. The zero-order valence-electron chi connectivity index (χ0n) is 15.0. The molecular formula is C21H28N2O2. The fourth-order valence-corrected chi connectivity index (χ4v) is 2.47. The first-order chi connectivity index (χ1) is 12.3. The lowest BCUT2D eigenvalue weighted by molar-refractivity contribution is -0.114. The van der Waals surface area contributed by atoms with E-state index in [9.17, 15) is 4.79 Å². The predicted molar refractivity (Wildman–Crippen MR) is 104 cm³/mol. The molecule has 0 unspecified atom stereocenters. The summed E-state index contributed by atoms with van der Waals surface area (Å²) in [6.45, 7) is 3.20. The third kappa shape index (κ3) is 7.75. The Bertz CT molecular complexity index is 612. The molecule has 0 spiro atoms. The van der Waals surface area contributed by atoms with Crippen LogP contribution in [-0.2, 0) is 4.79 Å². The fraction of sp³-hybridized carbons (Fsp3) is 0.381. The first kappa shape index (κ1) is 18.8. The molecule has 4 nitrogen and oxygen atoms in total. The Balaban J connectivity index is 1.66. The second-order valence-corrected chi connectivity index (χ2v) is 6.05. The number of anilines is 2. The van der Waals surface area contributed by atoms with E-state index in [0.717, 1.165) is 30.2 Å². The number of rotatable bonds is 11. The molecule has 0 aliphatic carbocycles. The number of amides is 1. The van der Waals surface area contributed by atoms with Gasteiger partial charge in [-0.15, -0.1) is 0 Å². The molecule has 0 fully saturated rings. The minimum absolute atomic E-state index is 0.0755. The number of carbonyl (C=O) groups is 1. The third-order valence-electron chi connectivity index (χ3n) is 3.88. The fourth-order valence-electron chi connectivity index (χ4n) is 2.47. The molecule has 2 aromatic carbocycles. The van der Waals surface area contributed by atoms with Gasteiger partial charge >= 0.3 is 0 Å². The molecule has 0 atom stereocenters. The summed E-state index contributed by atoms with van der Waals surface area (Å²) in [6, 6.07) is 17.2. The highest BCUT2D eigenvalue weighted by Crippen LogP contribution is 2.16. The third-order valence-corrected chi connectivity index (χ3v) is 3.88. The van der Waals surface area contributed by atoms with E-state index < -0.39 is 0 Å². The first-order valence-corrected chi connectivity index (χ1v) is 9.09. The van der Waals surface area contributed by atoms with Crippen LogP contribution in [0.3, 0.4) is 0 Å². The van der Waals surface area contributed by atoms with Gasteiger partial charge in [-0.1, -0.05) is 50.8 Å². The van der Waals surface area contributed by atoms with Gasteiger partial charge < -0.3 is 15.4 Å². The summed E-state index contributed by atoms with van der Waals surface area (Å²) < 4.78 is 5.73. The number of carbonyl (C=O) groups excluding carboxylic acids is 1. The molecule has 0 heterocycles. The second-order valence-electron chi connectivity index (χ2n) is 6.05. The molecule has 0 radical (unpaired) electrons. The summed E-state index contributed by atoms with van der Waals surface area (Å²) in [7, 11) is 0. The monoisotopic (exact) mass is 340 g/mol. The summed E-state index contributed by atoms with van der Waals surface area (Å²) in [5, 5.41) is 5.96. The van der Waals surface area contributed by atoms with Gasteiger partial charge in [0.05, 0.1) is 13.2 Å². The van der Waals surface area contributed by atoms with Crippen molar-refractivity contribution in [3.63, 3.8) is 0 Å². The van der Waals surface area contributed by atoms with Crippen molar-refractivity contribution in [2.75, 3.05) is 23.8 Å². The van der Waals surface area contributed by atoms with Crippen LogP contribution in [0.25, 0.3) is 0 Å². The molecule has 0 aromatic heterocycles. The summed E-state index contributed by atoms with van der Waals surface area (Å²) in [6.07, 6.45) is 6.14. The number of hydrogen-bond donors (Lipinski definition) is 2. The number of benzene rings is 2. The SMILES string of the molecule is CCCCCCCOc1ccc(NC(=O)CNc2ccccc2)cc1. The lowest BCUT2D eigenvalue weighted by Crippen LogP contribution is -2.21. The summed E-state index contributed by atoms with van der Waals surface area (Å²) in [5.74, 6) is 0.768. The Kier molecular flexibility index (Phi) is 8.39. The van der Waals surface area contributed by atoms with Crippen molar-refractivity contribution < 1.29 is 9.53 Å². The van der Waals surface area contributed by atoms with E-state index in [1.54, 1.807) is 0 Å². The average molecular weight is 340 g/mol. The molecule has 2 aromatic rings. The maximum Gasteiger partial charge on any atom is 0.243 e. The van der Waals surface area contributed by atoms with Gasteiger partial charge in [-0.05, 0) is 42.8 Å². The highest BCUT2D eigenvalue weighted by atomic mass is 16.5. The topological polar surface area (TPSA) is 50.4 Å². The van der Waals surface area contributed by atoms with Crippen LogP contribution in [0.1, 0.15) is 39.0 Å². The largest absolute Gasteiger partial charge is 0.494 e. The van der Waals surface area contributed by atoms with Gasteiger partial charge in [-0.3, -0.25) is 4.79 Å². The van der Waals surface area contributed by atoms with Crippen LogP contribution < -0.4 is 15.4 Å². The van der Waals surface area contributed by atoms with E-state index in [2.05, 4.69) is 17.6 Å². The number of unbranched alkanes of at least 4 members (excludes halogenated alkanes) is 4. The van der Waals surface area contributed by atoms with Crippen LogP contribution in [-0.4, -0.2) is 19.1 Å². The van der Waals surface area contributed by atoms with Gasteiger partial charge in [0.1, 0.15) is 5.75 Å². The van der Waals surface area contributed by atoms with Crippen LogP contribution in [0.4, 0.5) is 11.4 Å². The van der Waals surface area contributed by atoms with E-state index in [4.69, 9.17) is 4.74 Å². The van der Waals surface area contributed by atoms with Crippen molar-refractivity contribution >= 4 is 17.3 Å². The van der Waals surface area contributed by atoms with Crippen LogP contribution in [0, 0.1) is 0 Å². The summed E-state index contributed by atoms with van der Waals surface area (Å²) in [4.78, 5) is 12.0. The van der Waals surface area contributed by atoms with Gasteiger partial charge in [-0.25, -0.2) is 0 Å². The van der Waals surface area contributed by atoms with Crippen molar-refractivity contribution in [3.8, 4) is 5.75 Å². The number of hydrogen-bond acceptors (Lipinski definition) is 3. The Morgan fingerprint density at radius 2 is 1.60 bits per heavy atom. The molecule has 2 rings (SSSR count). The zero-order valence-corrected chi connectivity index (χ0v) is 15.0. The van der Waals surface area contributed by atoms with Gasteiger partial charge in [0, 0.05) is 11.4 Å². The molecule has 2 N–H and O–H groups in total. The van der Waals surface area contributed by atoms with E-state index >= 15 is 0 Å². The Morgan fingerprint density at radius 3 is 2.32 bits per heavy atom. The lowest BCUT2D eigenvalue weighted by Gasteiger charge is -2.09. The number of nitrogens with one attached hydrogen (secondary N) is 2. The van der Waals surface area contributed by atoms with Crippen LogP contribution in [0.15, 0.2) is 54.6 Å². The Hall–Kier alpha value is -2.49. The van der Waals surface area contributed by atoms with Crippen molar-refractivity contribution in [1.29, 1.82) is 0 Å². The molecule has 0 saturated carbocycles. The van der Waals surface area contributed by atoms with Crippen LogP contribution >= 0.6 is 0 Å². The maximum atomic E-state index is 12.0. The van der Waals surface area contributed by atoms with Crippen LogP contribution in [0.2, 0.25) is 0 Å². The average Bonchev–Trinajstić information content (AvgIpc) is 2.65. The molecule has 134 valence electrons. The molecular weight excluding hydrogens is 312 g/mol. The lowest BCUT2D eigenvalue weighted by atomic mass is 10.2.